The number of halogens is 3. The number of hydrogen-bond acceptors (Lipinski definition) is 4. The lowest BCUT2D eigenvalue weighted by Crippen LogP contribution is -2.15. The van der Waals surface area contributed by atoms with E-state index in [0.29, 0.717) is 24.2 Å². The van der Waals surface area contributed by atoms with E-state index < -0.39 is 28.9 Å². The lowest BCUT2D eigenvalue weighted by atomic mass is 10.2. The van der Waals surface area contributed by atoms with Gasteiger partial charge in [-0.1, -0.05) is 12.1 Å². The lowest BCUT2D eigenvalue weighted by molar-refractivity contribution is 0.102. The fraction of sp³-hybridized carbons (Fsp3) is 0.100. The molecule has 28 heavy (non-hydrogen) atoms. The molecule has 5 nitrogen and oxygen atoms in total. The third-order valence-corrected chi connectivity index (χ3v) is 3.75. The van der Waals surface area contributed by atoms with E-state index in [4.69, 9.17) is 4.74 Å². The summed E-state index contributed by atoms with van der Waals surface area (Å²) >= 11 is 0. The normalized spacial score (nSPS) is 10.4. The minimum atomic E-state index is -1.70. The van der Waals surface area contributed by atoms with E-state index in [1.807, 2.05) is 31.2 Å². The summed E-state index contributed by atoms with van der Waals surface area (Å²) in [6.07, 6.45) is 1.35. The van der Waals surface area contributed by atoms with Crippen molar-refractivity contribution in [2.45, 2.75) is 6.92 Å². The molecule has 0 aliphatic heterocycles. The zero-order chi connectivity index (χ0) is 20.1. The maximum absolute atomic E-state index is 13.7. The van der Waals surface area contributed by atoms with Gasteiger partial charge in [-0.15, -0.1) is 0 Å². The number of hydrogen-bond donors (Lipinski definition) is 2. The van der Waals surface area contributed by atoms with E-state index in [1.54, 1.807) is 6.07 Å². The largest absolute Gasteiger partial charge is 0.492 e. The number of amides is 1. The average molecular weight is 387 g/mol. The molecule has 2 N–H and O–H groups in total. The molecule has 0 fully saturated rings. The van der Waals surface area contributed by atoms with Crippen molar-refractivity contribution in [2.24, 2.45) is 0 Å². The lowest BCUT2D eigenvalue weighted by Gasteiger charge is -2.12. The number of benzene rings is 2. The summed E-state index contributed by atoms with van der Waals surface area (Å²) in [5.41, 5.74) is 0.377. The SMILES string of the molecule is CCOc1ccccc1Nc1ccc(NC(=O)c2ccc(F)c(F)c2F)cn1. The zero-order valence-corrected chi connectivity index (χ0v) is 14.8. The number of anilines is 3. The molecule has 0 saturated carbocycles. The smallest absolute Gasteiger partial charge is 0.258 e. The van der Waals surface area contributed by atoms with E-state index in [2.05, 4.69) is 15.6 Å². The van der Waals surface area contributed by atoms with Gasteiger partial charge in [-0.05, 0) is 43.3 Å². The molecule has 1 aromatic heterocycles. The summed E-state index contributed by atoms with van der Waals surface area (Å²) in [5.74, 6) is -4.37. The third kappa shape index (κ3) is 4.22. The number of nitrogens with zero attached hydrogens (tertiary/aromatic N) is 1. The summed E-state index contributed by atoms with van der Waals surface area (Å²) in [5, 5.41) is 5.48. The van der Waals surface area contributed by atoms with Crippen molar-refractivity contribution >= 4 is 23.1 Å². The second-order valence-corrected chi connectivity index (χ2v) is 5.66. The van der Waals surface area contributed by atoms with Crippen LogP contribution in [-0.4, -0.2) is 17.5 Å². The van der Waals surface area contributed by atoms with Crippen LogP contribution in [0.25, 0.3) is 0 Å². The maximum atomic E-state index is 13.7. The second kappa shape index (κ2) is 8.43. The first-order valence-corrected chi connectivity index (χ1v) is 8.39. The van der Waals surface area contributed by atoms with E-state index in [1.165, 1.54) is 12.3 Å². The van der Waals surface area contributed by atoms with Crippen molar-refractivity contribution in [3.8, 4) is 5.75 Å². The molecule has 0 atom stereocenters. The molecule has 3 rings (SSSR count). The molecular formula is C20H16F3N3O2. The highest BCUT2D eigenvalue weighted by atomic mass is 19.2. The fourth-order valence-electron chi connectivity index (χ4n) is 2.43. The van der Waals surface area contributed by atoms with Gasteiger partial charge in [0.25, 0.3) is 5.91 Å². The number of aromatic nitrogens is 1. The number of nitrogens with one attached hydrogen (secondary N) is 2. The molecular weight excluding hydrogens is 371 g/mol. The van der Waals surface area contributed by atoms with Gasteiger partial charge in [-0.2, -0.15) is 0 Å². The zero-order valence-electron chi connectivity index (χ0n) is 14.8. The highest BCUT2D eigenvalue weighted by Gasteiger charge is 2.19. The molecule has 2 aromatic carbocycles. The number of carbonyl (C=O) groups is 1. The molecule has 3 aromatic rings. The van der Waals surface area contributed by atoms with Gasteiger partial charge in [-0.3, -0.25) is 4.79 Å². The molecule has 1 amide bonds. The Morgan fingerprint density at radius 1 is 1.04 bits per heavy atom. The first-order chi connectivity index (χ1) is 13.5. The number of rotatable bonds is 6. The van der Waals surface area contributed by atoms with Crippen LogP contribution in [0.4, 0.5) is 30.4 Å². The summed E-state index contributed by atoms with van der Waals surface area (Å²) in [4.78, 5) is 16.3. The van der Waals surface area contributed by atoms with Gasteiger partial charge in [0.15, 0.2) is 17.5 Å². The van der Waals surface area contributed by atoms with E-state index in [9.17, 15) is 18.0 Å². The Morgan fingerprint density at radius 2 is 1.82 bits per heavy atom. The quantitative estimate of drug-likeness (QED) is 0.591. The summed E-state index contributed by atoms with van der Waals surface area (Å²) in [7, 11) is 0. The van der Waals surface area contributed by atoms with Crippen LogP contribution in [0.3, 0.4) is 0 Å². The Balaban J connectivity index is 1.71. The molecule has 0 radical (unpaired) electrons. The van der Waals surface area contributed by atoms with Crippen molar-refractivity contribution in [3.63, 3.8) is 0 Å². The Bertz CT molecular complexity index is 994. The van der Waals surface area contributed by atoms with Crippen LogP contribution in [0, 0.1) is 17.5 Å². The number of para-hydroxylation sites is 2. The highest BCUT2D eigenvalue weighted by molar-refractivity contribution is 6.04. The molecule has 0 aliphatic carbocycles. The van der Waals surface area contributed by atoms with Crippen LogP contribution < -0.4 is 15.4 Å². The Kier molecular flexibility index (Phi) is 5.78. The fourth-order valence-corrected chi connectivity index (χ4v) is 2.43. The molecule has 0 spiro atoms. The Hall–Kier alpha value is -3.55. The van der Waals surface area contributed by atoms with Crippen LogP contribution in [0.5, 0.6) is 5.75 Å². The van der Waals surface area contributed by atoms with Crippen molar-refractivity contribution < 1.29 is 22.7 Å². The molecule has 0 aliphatic rings. The predicted octanol–water partition coefficient (Wildman–Crippen LogP) is 4.89. The van der Waals surface area contributed by atoms with Gasteiger partial charge in [0.05, 0.1) is 29.7 Å². The molecule has 0 unspecified atom stereocenters. The maximum Gasteiger partial charge on any atom is 0.258 e. The van der Waals surface area contributed by atoms with Crippen molar-refractivity contribution in [1.82, 2.24) is 4.98 Å². The minimum absolute atomic E-state index is 0.262. The number of carbonyl (C=O) groups excluding carboxylic acids is 1. The average Bonchev–Trinajstić information content (AvgIpc) is 2.69. The van der Waals surface area contributed by atoms with Gasteiger partial charge in [0.2, 0.25) is 0 Å². The van der Waals surface area contributed by atoms with Gasteiger partial charge >= 0.3 is 0 Å². The molecule has 8 heteroatoms. The van der Waals surface area contributed by atoms with E-state index in [0.717, 1.165) is 11.8 Å². The predicted molar refractivity (Wildman–Crippen MR) is 99.4 cm³/mol. The topological polar surface area (TPSA) is 63.2 Å². The van der Waals surface area contributed by atoms with Crippen LogP contribution in [0.15, 0.2) is 54.7 Å². The van der Waals surface area contributed by atoms with Crippen molar-refractivity contribution in [1.29, 1.82) is 0 Å². The van der Waals surface area contributed by atoms with Crippen LogP contribution in [0.2, 0.25) is 0 Å². The van der Waals surface area contributed by atoms with Crippen LogP contribution in [-0.2, 0) is 0 Å². The summed E-state index contributed by atoms with van der Waals surface area (Å²) in [6, 6.07) is 12.0. The van der Waals surface area contributed by atoms with Crippen molar-refractivity contribution in [3.05, 3.63) is 77.7 Å². The van der Waals surface area contributed by atoms with Crippen LogP contribution >= 0.6 is 0 Å². The number of ether oxygens (including phenoxy) is 1. The first kappa shape index (κ1) is 19.2. The Morgan fingerprint density at radius 3 is 2.54 bits per heavy atom. The van der Waals surface area contributed by atoms with E-state index in [-0.39, 0.29) is 5.69 Å². The standard InChI is InChI=1S/C20H16F3N3O2/c1-2-28-16-6-4-3-5-15(16)26-17-10-7-12(11-24-17)25-20(27)13-8-9-14(21)19(23)18(13)22/h3-11H,2H2,1H3,(H,24,26)(H,25,27). The van der Waals surface area contributed by atoms with Gasteiger partial charge in [0.1, 0.15) is 11.6 Å². The minimum Gasteiger partial charge on any atom is -0.492 e. The number of pyridine rings is 1. The molecule has 144 valence electrons. The molecule has 1 heterocycles. The summed E-state index contributed by atoms with van der Waals surface area (Å²) in [6.45, 7) is 2.39. The first-order valence-electron chi connectivity index (χ1n) is 8.39. The molecule has 0 saturated heterocycles. The van der Waals surface area contributed by atoms with Crippen LogP contribution in [0.1, 0.15) is 17.3 Å². The van der Waals surface area contributed by atoms with Gasteiger partial charge < -0.3 is 15.4 Å². The monoisotopic (exact) mass is 387 g/mol. The molecule has 0 bridgehead atoms. The van der Waals surface area contributed by atoms with E-state index >= 15 is 0 Å². The highest BCUT2D eigenvalue weighted by Crippen LogP contribution is 2.27. The van der Waals surface area contributed by atoms with Gasteiger partial charge in [-0.25, -0.2) is 18.2 Å². The van der Waals surface area contributed by atoms with Crippen molar-refractivity contribution in [2.75, 3.05) is 17.2 Å². The second-order valence-electron chi connectivity index (χ2n) is 5.66. The summed E-state index contributed by atoms with van der Waals surface area (Å²) < 4.78 is 45.5. The van der Waals surface area contributed by atoms with Gasteiger partial charge in [0, 0.05) is 0 Å². The third-order valence-electron chi connectivity index (χ3n) is 3.75. The Labute approximate surface area is 159 Å².